The highest BCUT2D eigenvalue weighted by atomic mass is 32.3. The number of fused-ring (bicyclic) bond motifs is 1. The van der Waals surface area contributed by atoms with Gasteiger partial charge in [-0.1, -0.05) is 13.8 Å². The molecule has 0 aliphatic carbocycles. The molecule has 164 valence electrons. The maximum Gasteiger partial charge on any atom is 0.338 e. The van der Waals surface area contributed by atoms with Crippen molar-refractivity contribution in [1.82, 2.24) is 19.5 Å². The molecule has 0 spiro atoms. The molecule has 31 heavy (non-hydrogen) atoms. The molecule has 0 saturated carbocycles. The van der Waals surface area contributed by atoms with Gasteiger partial charge in [0.1, 0.15) is 24.7 Å². The van der Waals surface area contributed by atoms with Crippen molar-refractivity contribution >= 4 is 33.2 Å². The van der Waals surface area contributed by atoms with Gasteiger partial charge in [-0.15, -0.1) is 3.89 Å². The lowest BCUT2D eigenvalue weighted by atomic mass is 9.93. The van der Waals surface area contributed by atoms with E-state index in [0.29, 0.717) is 11.2 Å². The summed E-state index contributed by atoms with van der Waals surface area (Å²) in [6, 6.07) is 4.41. The third-order valence-electron chi connectivity index (χ3n) is 5.59. The number of imidazole rings is 1. The van der Waals surface area contributed by atoms with Crippen LogP contribution in [0.2, 0.25) is 0 Å². The number of carbonyl (C=O) groups is 1. The fourth-order valence-electron chi connectivity index (χ4n) is 3.59. The van der Waals surface area contributed by atoms with Crippen LogP contribution in [0.15, 0.2) is 41.8 Å². The number of nitrogens with two attached hydrogens (primary N) is 1. The summed E-state index contributed by atoms with van der Waals surface area (Å²) in [7, 11) is -4.83. The van der Waals surface area contributed by atoms with Gasteiger partial charge in [-0.25, -0.2) is 19.7 Å². The molecule has 10 nitrogen and oxygen atoms in total. The maximum atomic E-state index is 13.0. The smallest absolute Gasteiger partial charge is 0.338 e. The number of rotatable bonds is 5. The summed E-state index contributed by atoms with van der Waals surface area (Å²) < 4.78 is 48.0. The minimum Gasteiger partial charge on any atom is -0.459 e. The summed E-state index contributed by atoms with van der Waals surface area (Å²) in [5, 5.41) is 0. The Balaban J connectivity index is 1.45. The Bertz CT molecular complexity index is 1230. The van der Waals surface area contributed by atoms with Gasteiger partial charge < -0.3 is 15.2 Å². The highest BCUT2D eigenvalue weighted by Crippen LogP contribution is 2.40. The van der Waals surface area contributed by atoms with Crippen molar-refractivity contribution in [2.24, 2.45) is 11.8 Å². The Hall–Kier alpha value is -3.12. The van der Waals surface area contributed by atoms with E-state index in [2.05, 4.69) is 15.0 Å². The standard InChI is InChI=1S/C19H20FN5O5S/c1-10-11(2)18(25-9-24-15-16(21)22-8-23-17(15)25)30-14(10)7-29-19(26)12-3-5-13(6-4-12)31(20,27)28/h3-6,8-11,14,18H,7H2,1-2H3,(H2,21,22,23)/t10-,11+,14+,18+/m0/s1. The molecule has 0 bridgehead atoms. The van der Waals surface area contributed by atoms with Crippen LogP contribution >= 0.6 is 0 Å². The van der Waals surface area contributed by atoms with Crippen molar-refractivity contribution in [3.63, 3.8) is 0 Å². The van der Waals surface area contributed by atoms with Gasteiger partial charge in [-0.2, -0.15) is 8.42 Å². The molecule has 1 aliphatic heterocycles. The van der Waals surface area contributed by atoms with Crippen LogP contribution in [-0.4, -0.2) is 46.6 Å². The molecule has 4 rings (SSSR count). The number of ether oxygens (including phenoxy) is 2. The summed E-state index contributed by atoms with van der Waals surface area (Å²) in [6.45, 7) is 4.00. The normalized spacial score (nSPS) is 23.8. The van der Waals surface area contributed by atoms with Crippen molar-refractivity contribution in [1.29, 1.82) is 0 Å². The number of esters is 1. The van der Waals surface area contributed by atoms with E-state index in [9.17, 15) is 17.1 Å². The van der Waals surface area contributed by atoms with E-state index in [-0.39, 0.29) is 42.2 Å². The van der Waals surface area contributed by atoms with Crippen LogP contribution in [0, 0.1) is 11.8 Å². The van der Waals surface area contributed by atoms with Crippen LogP contribution < -0.4 is 5.73 Å². The number of nitrogens with zero attached hydrogens (tertiary/aromatic N) is 4. The first-order chi connectivity index (χ1) is 14.7. The third kappa shape index (κ3) is 3.95. The summed E-state index contributed by atoms with van der Waals surface area (Å²) >= 11 is 0. The zero-order valence-electron chi connectivity index (χ0n) is 16.7. The fraction of sp³-hybridized carbons (Fsp3) is 0.368. The highest BCUT2D eigenvalue weighted by Gasteiger charge is 2.41. The lowest BCUT2D eigenvalue weighted by molar-refractivity contribution is -0.0418. The topological polar surface area (TPSA) is 139 Å². The molecule has 3 heterocycles. The van der Waals surface area contributed by atoms with E-state index in [0.717, 1.165) is 12.1 Å². The largest absolute Gasteiger partial charge is 0.459 e. The zero-order chi connectivity index (χ0) is 22.3. The number of carbonyl (C=O) groups excluding carboxylic acids is 1. The average Bonchev–Trinajstić information content (AvgIpc) is 3.28. The number of halogens is 1. The molecule has 1 aliphatic rings. The molecule has 12 heteroatoms. The number of hydrogen-bond donors (Lipinski definition) is 1. The molecule has 1 aromatic carbocycles. The molecule has 3 aromatic rings. The lowest BCUT2D eigenvalue weighted by Crippen LogP contribution is -2.24. The van der Waals surface area contributed by atoms with E-state index >= 15 is 0 Å². The van der Waals surface area contributed by atoms with Crippen molar-refractivity contribution in [3.05, 3.63) is 42.5 Å². The molecule has 2 N–H and O–H groups in total. The highest BCUT2D eigenvalue weighted by molar-refractivity contribution is 7.86. The molecule has 1 saturated heterocycles. The Morgan fingerprint density at radius 2 is 1.90 bits per heavy atom. The van der Waals surface area contributed by atoms with Crippen molar-refractivity contribution < 1.29 is 26.6 Å². The average molecular weight is 449 g/mol. The maximum absolute atomic E-state index is 13.0. The van der Waals surface area contributed by atoms with Crippen LogP contribution in [0.4, 0.5) is 9.70 Å². The van der Waals surface area contributed by atoms with Crippen LogP contribution in [0.25, 0.3) is 11.2 Å². The number of aromatic nitrogens is 4. The quantitative estimate of drug-likeness (QED) is 0.458. The third-order valence-corrected chi connectivity index (χ3v) is 6.43. The summed E-state index contributed by atoms with van der Waals surface area (Å²) in [6.07, 6.45) is 2.19. The monoisotopic (exact) mass is 449 g/mol. The van der Waals surface area contributed by atoms with E-state index in [4.69, 9.17) is 15.2 Å². The second-order valence-corrected chi connectivity index (χ2v) is 8.77. The van der Waals surface area contributed by atoms with Crippen LogP contribution in [0.1, 0.15) is 30.4 Å². The van der Waals surface area contributed by atoms with Gasteiger partial charge in [0, 0.05) is 5.92 Å². The zero-order valence-corrected chi connectivity index (χ0v) is 17.5. The van der Waals surface area contributed by atoms with E-state index < -0.39 is 21.1 Å². The molecular weight excluding hydrogens is 429 g/mol. The Labute approximate surface area is 177 Å². The van der Waals surface area contributed by atoms with Crippen LogP contribution in [-0.2, 0) is 19.7 Å². The first-order valence-electron chi connectivity index (χ1n) is 9.47. The second kappa shape index (κ2) is 7.85. The lowest BCUT2D eigenvalue weighted by Gasteiger charge is -2.17. The Morgan fingerprint density at radius 3 is 2.58 bits per heavy atom. The van der Waals surface area contributed by atoms with Crippen LogP contribution in [0.5, 0.6) is 0 Å². The minimum absolute atomic E-state index is 0.00620. The van der Waals surface area contributed by atoms with E-state index in [1.807, 2.05) is 13.8 Å². The van der Waals surface area contributed by atoms with Crippen molar-refractivity contribution in [2.75, 3.05) is 12.3 Å². The van der Waals surface area contributed by atoms with Gasteiger partial charge in [0.25, 0.3) is 0 Å². The summed E-state index contributed by atoms with van der Waals surface area (Å²) in [5.41, 5.74) is 6.99. The SMILES string of the molecule is C[C@@H]1[C@H](C)[C@@H](COC(=O)c2ccc(S(=O)(=O)F)cc2)O[C@H]1n1cnc2c(N)ncnc21. The first kappa shape index (κ1) is 21.1. The van der Waals surface area contributed by atoms with Gasteiger partial charge in [0.15, 0.2) is 11.5 Å². The number of anilines is 1. The minimum atomic E-state index is -4.83. The van der Waals surface area contributed by atoms with Gasteiger partial charge in [0.05, 0.1) is 22.9 Å². The van der Waals surface area contributed by atoms with E-state index in [1.54, 1.807) is 10.9 Å². The number of nitrogen functional groups attached to an aromatic ring is 1. The predicted molar refractivity (Wildman–Crippen MR) is 107 cm³/mol. The summed E-state index contributed by atoms with van der Waals surface area (Å²) in [5.74, 6) is -0.275. The first-order valence-corrected chi connectivity index (χ1v) is 10.9. The molecule has 4 atom stereocenters. The van der Waals surface area contributed by atoms with E-state index in [1.165, 1.54) is 18.5 Å². The number of benzene rings is 1. The molecule has 0 amide bonds. The van der Waals surface area contributed by atoms with Crippen molar-refractivity contribution in [3.8, 4) is 0 Å². The van der Waals surface area contributed by atoms with Gasteiger partial charge in [0.2, 0.25) is 0 Å². The molecule has 0 unspecified atom stereocenters. The second-order valence-electron chi connectivity index (χ2n) is 7.43. The molecular formula is C19H20FN5O5S. The van der Waals surface area contributed by atoms with Crippen LogP contribution in [0.3, 0.4) is 0 Å². The predicted octanol–water partition coefficient (Wildman–Crippen LogP) is 2.09. The Morgan fingerprint density at radius 1 is 1.19 bits per heavy atom. The number of hydrogen-bond acceptors (Lipinski definition) is 9. The summed E-state index contributed by atoms with van der Waals surface area (Å²) in [4.78, 5) is 24.2. The van der Waals surface area contributed by atoms with Gasteiger partial charge in [-0.05, 0) is 30.2 Å². The molecule has 0 radical (unpaired) electrons. The van der Waals surface area contributed by atoms with Gasteiger partial charge in [-0.3, -0.25) is 4.57 Å². The Kier molecular flexibility index (Phi) is 5.35. The molecule has 1 fully saturated rings. The molecule has 2 aromatic heterocycles. The fourth-order valence-corrected chi connectivity index (χ4v) is 4.05. The van der Waals surface area contributed by atoms with Crippen molar-refractivity contribution in [2.45, 2.75) is 31.1 Å². The van der Waals surface area contributed by atoms with Gasteiger partial charge >= 0.3 is 16.2 Å².